The van der Waals surface area contributed by atoms with E-state index in [0.717, 1.165) is 24.2 Å². The number of nitrogens with zero attached hydrogens (tertiary/aromatic N) is 1. The van der Waals surface area contributed by atoms with Crippen LogP contribution < -0.4 is 10.9 Å². The minimum atomic E-state index is -0.0829. The van der Waals surface area contributed by atoms with Gasteiger partial charge in [-0.15, -0.1) is 0 Å². The molecule has 0 fully saturated rings. The molecule has 0 aliphatic carbocycles. The number of nitrogens with two attached hydrogens (primary N) is 1. The zero-order valence-electron chi connectivity index (χ0n) is 11.9. The Kier molecular flexibility index (Phi) is 3.83. The maximum Gasteiger partial charge on any atom is 0.258 e. The second-order valence-electron chi connectivity index (χ2n) is 5.00. The van der Waals surface area contributed by atoms with Gasteiger partial charge in [0.05, 0.1) is 17.2 Å². The lowest BCUT2D eigenvalue weighted by molar-refractivity contribution is -0.714. The van der Waals surface area contributed by atoms with Crippen molar-refractivity contribution in [3.05, 3.63) is 64.6 Å². The zero-order valence-corrected chi connectivity index (χ0v) is 11.9. The number of aromatic nitrogens is 2. The molecule has 0 aliphatic rings. The Labute approximate surface area is 122 Å². The van der Waals surface area contributed by atoms with Crippen molar-refractivity contribution in [2.45, 2.75) is 25.9 Å². The minimum Gasteiger partial charge on any atom is -0.463 e. The van der Waals surface area contributed by atoms with Crippen LogP contribution in [0.4, 0.5) is 0 Å². The SMILES string of the molecule is CC[C@@H]([NH2+]Cc1ccco1)c1nc2ccccc2c(=O)[nH]1. The summed E-state index contributed by atoms with van der Waals surface area (Å²) in [4.78, 5) is 19.6. The van der Waals surface area contributed by atoms with Gasteiger partial charge in [0.15, 0.2) is 11.6 Å². The third-order valence-corrected chi connectivity index (χ3v) is 3.61. The van der Waals surface area contributed by atoms with Crippen molar-refractivity contribution in [3.8, 4) is 0 Å². The van der Waals surface area contributed by atoms with E-state index in [4.69, 9.17) is 4.42 Å². The summed E-state index contributed by atoms with van der Waals surface area (Å²) in [7, 11) is 0. The predicted molar refractivity (Wildman–Crippen MR) is 79.7 cm³/mol. The van der Waals surface area contributed by atoms with Crippen molar-refractivity contribution in [1.29, 1.82) is 0 Å². The van der Waals surface area contributed by atoms with Crippen LogP contribution in [0.5, 0.6) is 0 Å². The molecule has 108 valence electrons. The number of furan rings is 1. The third-order valence-electron chi connectivity index (χ3n) is 3.61. The quantitative estimate of drug-likeness (QED) is 0.749. The molecule has 5 nitrogen and oxygen atoms in total. The minimum absolute atomic E-state index is 0.0829. The first-order valence-electron chi connectivity index (χ1n) is 7.12. The van der Waals surface area contributed by atoms with Gasteiger partial charge in [-0.25, -0.2) is 4.98 Å². The maximum atomic E-state index is 12.1. The second-order valence-corrected chi connectivity index (χ2v) is 5.00. The van der Waals surface area contributed by atoms with Gasteiger partial charge in [0.2, 0.25) is 0 Å². The molecule has 2 aromatic heterocycles. The van der Waals surface area contributed by atoms with Gasteiger partial charge >= 0.3 is 0 Å². The highest BCUT2D eigenvalue weighted by atomic mass is 16.3. The average molecular weight is 284 g/mol. The van der Waals surface area contributed by atoms with Gasteiger partial charge < -0.3 is 14.7 Å². The Morgan fingerprint density at radius 3 is 2.90 bits per heavy atom. The van der Waals surface area contributed by atoms with Crippen LogP contribution >= 0.6 is 0 Å². The van der Waals surface area contributed by atoms with Crippen molar-refractivity contribution >= 4 is 10.9 Å². The van der Waals surface area contributed by atoms with E-state index in [-0.39, 0.29) is 11.6 Å². The van der Waals surface area contributed by atoms with Gasteiger partial charge in [0.25, 0.3) is 5.56 Å². The van der Waals surface area contributed by atoms with Crippen molar-refractivity contribution in [2.75, 3.05) is 0 Å². The van der Waals surface area contributed by atoms with Crippen LogP contribution in [0.15, 0.2) is 51.9 Å². The average Bonchev–Trinajstić information content (AvgIpc) is 3.01. The molecule has 0 radical (unpaired) electrons. The monoisotopic (exact) mass is 284 g/mol. The molecule has 3 rings (SSSR count). The van der Waals surface area contributed by atoms with Crippen LogP contribution in [-0.4, -0.2) is 9.97 Å². The van der Waals surface area contributed by atoms with Gasteiger partial charge in [0.1, 0.15) is 12.6 Å². The lowest BCUT2D eigenvalue weighted by Gasteiger charge is -2.12. The van der Waals surface area contributed by atoms with E-state index in [1.165, 1.54) is 0 Å². The Bertz CT molecular complexity index is 778. The molecular weight excluding hydrogens is 266 g/mol. The highest BCUT2D eigenvalue weighted by Gasteiger charge is 2.17. The first-order chi connectivity index (χ1) is 10.3. The maximum absolute atomic E-state index is 12.1. The highest BCUT2D eigenvalue weighted by Crippen LogP contribution is 2.11. The summed E-state index contributed by atoms with van der Waals surface area (Å²) in [6, 6.07) is 11.3. The second kappa shape index (κ2) is 5.93. The van der Waals surface area contributed by atoms with Crippen LogP contribution in [-0.2, 0) is 6.54 Å². The Hall–Kier alpha value is -2.40. The summed E-state index contributed by atoms with van der Waals surface area (Å²) < 4.78 is 5.33. The number of benzene rings is 1. The van der Waals surface area contributed by atoms with Gasteiger partial charge in [-0.2, -0.15) is 0 Å². The van der Waals surface area contributed by atoms with Crippen LogP contribution in [0.25, 0.3) is 10.9 Å². The van der Waals surface area contributed by atoms with E-state index in [1.54, 1.807) is 12.3 Å². The van der Waals surface area contributed by atoms with Crippen LogP contribution in [0.2, 0.25) is 0 Å². The fourth-order valence-corrected chi connectivity index (χ4v) is 2.44. The summed E-state index contributed by atoms with van der Waals surface area (Å²) in [6.45, 7) is 2.81. The van der Waals surface area contributed by atoms with Crippen LogP contribution in [0.1, 0.15) is 31.0 Å². The van der Waals surface area contributed by atoms with Crippen molar-refractivity contribution < 1.29 is 9.73 Å². The molecule has 3 aromatic rings. The lowest BCUT2D eigenvalue weighted by Crippen LogP contribution is -2.83. The molecule has 0 saturated heterocycles. The molecular formula is C16H18N3O2+. The molecule has 0 aliphatic heterocycles. The first kappa shape index (κ1) is 13.6. The summed E-state index contributed by atoms with van der Waals surface area (Å²) in [5.74, 6) is 1.63. The molecule has 0 saturated carbocycles. The number of fused-ring (bicyclic) bond motifs is 1. The summed E-state index contributed by atoms with van der Waals surface area (Å²) in [6.07, 6.45) is 2.54. The molecule has 0 bridgehead atoms. The fourth-order valence-electron chi connectivity index (χ4n) is 2.44. The molecule has 0 spiro atoms. The largest absolute Gasteiger partial charge is 0.463 e. The Morgan fingerprint density at radius 2 is 2.14 bits per heavy atom. The highest BCUT2D eigenvalue weighted by molar-refractivity contribution is 5.77. The van der Waals surface area contributed by atoms with E-state index in [0.29, 0.717) is 11.2 Å². The Morgan fingerprint density at radius 1 is 1.29 bits per heavy atom. The van der Waals surface area contributed by atoms with Crippen molar-refractivity contribution in [3.63, 3.8) is 0 Å². The van der Waals surface area contributed by atoms with Crippen molar-refractivity contribution in [2.24, 2.45) is 0 Å². The van der Waals surface area contributed by atoms with Gasteiger partial charge in [0, 0.05) is 6.42 Å². The van der Waals surface area contributed by atoms with Gasteiger partial charge in [-0.1, -0.05) is 19.1 Å². The summed E-state index contributed by atoms with van der Waals surface area (Å²) in [5, 5.41) is 2.76. The number of para-hydroxylation sites is 1. The molecule has 1 aromatic carbocycles. The number of hydrogen-bond acceptors (Lipinski definition) is 3. The zero-order chi connectivity index (χ0) is 14.7. The molecule has 21 heavy (non-hydrogen) atoms. The van der Waals surface area contributed by atoms with E-state index in [1.807, 2.05) is 30.3 Å². The van der Waals surface area contributed by atoms with Crippen LogP contribution in [0, 0.1) is 0 Å². The molecule has 1 atom stereocenters. The number of hydrogen-bond donors (Lipinski definition) is 2. The van der Waals surface area contributed by atoms with E-state index in [9.17, 15) is 4.79 Å². The number of quaternary nitrogens is 1. The first-order valence-corrected chi connectivity index (χ1v) is 7.12. The lowest BCUT2D eigenvalue weighted by atomic mass is 10.2. The topological polar surface area (TPSA) is 75.5 Å². The molecule has 5 heteroatoms. The van der Waals surface area contributed by atoms with Crippen molar-refractivity contribution in [1.82, 2.24) is 9.97 Å². The molecule has 3 N–H and O–H groups in total. The third kappa shape index (κ3) is 2.87. The molecule has 0 amide bonds. The molecule has 2 heterocycles. The normalized spacial score (nSPS) is 12.6. The van der Waals surface area contributed by atoms with E-state index >= 15 is 0 Å². The Balaban J connectivity index is 1.88. The number of nitrogens with one attached hydrogen (secondary N) is 1. The van der Waals surface area contributed by atoms with Crippen LogP contribution in [0.3, 0.4) is 0 Å². The number of rotatable bonds is 5. The standard InChI is InChI=1S/C16H17N3O2/c1-2-13(17-10-11-6-5-9-21-11)15-18-14-8-4-3-7-12(14)16(20)19-15/h3-9,13,17H,2,10H2,1H3,(H,18,19,20)/p+1/t13-/m1/s1. The van der Waals surface area contributed by atoms with E-state index < -0.39 is 0 Å². The fraction of sp³-hybridized carbons (Fsp3) is 0.250. The van der Waals surface area contributed by atoms with E-state index in [2.05, 4.69) is 22.2 Å². The summed E-state index contributed by atoms with van der Waals surface area (Å²) >= 11 is 0. The van der Waals surface area contributed by atoms with Gasteiger partial charge in [-0.05, 0) is 24.3 Å². The smallest absolute Gasteiger partial charge is 0.258 e. The molecule has 0 unspecified atom stereocenters. The predicted octanol–water partition coefficient (Wildman–Crippen LogP) is 1.73. The van der Waals surface area contributed by atoms with Gasteiger partial charge in [-0.3, -0.25) is 4.79 Å². The number of H-pyrrole nitrogens is 1. The summed E-state index contributed by atoms with van der Waals surface area (Å²) in [5.41, 5.74) is 0.654. The number of aromatic amines is 1.